The lowest BCUT2D eigenvalue weighted by Crippen LogP contribution is -2.48. The summed E-state index contributed by atoms with van der Waals surface area (Å²) >= 11 is 1.84. The third-order valence-electron chi connectivity index (χ3n) is 4.86. The lowest BCUT2D eigenvalue weighted by molar-refractivity contribution is -0.123. The normalized spacial score (nSPS) is 24.3. The number of amides is 1. The fourth-order valence-electron chi connectivity index (χ4n) is 3.42. The summed E-state index contributed by atoms with van der Waals surface area (Å²) in [5.74, 6) is 0.854. The first kappa shape index (κ1) is 16.0. The van der Waals surface area contributed by atoms with Crippen LogP contribution in [0, 0.1) is 5.92 Å². The number of hydrogen-bond acceptors (Lipinski definition) is 4. The topological polar surface area (TPSA) is 44.4 Å². The van der Waals surface area contributed by atoms with E-state index in [4.69, 9.17) is 0 Å². The minimum atomic E-state index is 0.0488. The van der Waals surface area contributed by atoms with Crippen molar-refractivity contribution in [2.75, 3.05) is 26.2 Å². The molecular weight excluding hydrogens is 294 g/mol. The van der Waals surface area contributed by atoms with Crippen molar-refractivity contribution < 1.29 is 4.79 Å². The third kappa shape index (κ3) is 4.54. The summed E-state index contributed by atoms with van der Waals surface area (Å²) < 4.78 is 0. The summed E-state index contributed by atoms with van der Waals surface area (Å²) in [5, 5.41) is 8.63. The van der Waals surface area contributed by atoms with Crippen LogP contribution < -0.4 is 10.6 Å². The summed E-state index contributed by atoms with van der Waals surface area (Å²) in [6.07, 6.45) is 5.76. The Kier molecular flexibility index (Phi) is 5.87. The van der Waals surface area contributed by atoms with Crippen molar-refractivity contribution >= 4 is 17.2 Å². The summed E-state index contributed by atoms with van der Waals surface area (Å²) in [7, 11) is 0. The van der Waals surface area contributed by atoms with Gasteiger partial charge in [-0.15, -0.1) is 11.3 Å². The monoisotopic (exact) mass is 321 g/mol. The van der Waals surface area contributed by atoms with Crippen LogP contribution in [0.15, 0.2) is 17.5 Å². The van der Waals surface area contributed by atoms with Crippen LogP contribution in [0.1, 0.15) is 37.0 Å². The van der Waals surface area contributed by atoms with Crippen molar-refractivity contribution in [1.82, 2.24) is 15.5 Å². The zero-order valence-electron chi connectivity index (χ0n) is 13.2. The van der Waals surface area contributed by atoms with Crippen molar-refractivity contribution in [1.29, 1.82) is 0 Å². The second-order valence-corrected chi connectivity index (χ2v) is 7.58. The first-order valence-electron chi connectivity index (χ1n) is 8.57. The molecule has 2 N–H and O–H groups in total. The second-order valence-electron chi connectivity index (χ2n) is 6.55. The molecule has 0 bridgehead atoms. The molecule has 1 atom stereocenters. The standard InChI is InChI=1S/C17H27N3OS/c21-17(16-5-1-2-8-18-16)19-12-14-6-9-20(10-7-14)13-15-4-3-11-22-15/h3-4,11,14,16,18H,1-2,5-10,12-13H2,(H,19,21)/t16-/m1/s1. The lowest BCUT2D eigenvalue weighted by atomic mass is 9.96. The molecular formula is C17H27N3OS. The van der Waals surface area contributed by atoms with E-state index < -0.39 is 0 Å². The van der Waals surface area contributed by atoms with Crippen LogP contribution in [0.5, 0.6) is 0 Å². The molecule has 22 heavy (non-hydrogen) atoms. The van der Waals surface area contributed by atoms with Gasteiger partial charge >= 0.3 is 0 Å². The molecule has 2 fully saturated rings. The summed E-state index contributed by atoms with van der Waals surface area (Å²) in [6, 6.07) is 4.39. The molecule has 122 valence electrons. The van der Waals surface area contributed by atoms with E-state index in [9.17, 15) is 4.79 Å². The molecule has 2 aliphatic rings. The third-order valence-corrected chi connectivity index (χ3v) is 5.72. The Morgan fingerprint density at radius 2 is 2.18 bits per heavy atom. The van der Waals surface area contributed by atoms with E-state index in [0.717, 1.165) is 39.1 Å². The molecule has 2 aliphatic heterocycles. The minimum absolute atomic E-state index is 0.0488. The summed E-state index contributed by atoms with van der Waals surface area (Å²) in [6.45, 7) is 5.23. The Bertz CT molecular complexity index is 448. The van der Waals surface area contributed by atoms with E-state index >= 15 is 0 Å². The zero-order chi connectivity index (χ0) is 15.2. The Balaban J connectivity index is 1.34. The van der Waals surface area contributed by atoms with Gasteiger partial charge in [-0.25, -0.2) is 0 Å². The Labute approximate surface area is 137 Å². The average molecular weight is 321 g/mol. The predicted molar refractivity (Wildman–Crippen MR) is 91.0 cm³/mol. The molecule has 0 radical (unpaired) electrons. The minimum Gasteiger partial charge on any atom is -0.354 e. The summed E-state index contributed by atoms with van der Waals surface area (Å²) in [5.41, 5.74) is 0. The maximum atomic E-state index is 12.1. The van der Waals surface area contributed by atoms with Gasteiger partial charge < -0.3 is 10.6 Å². The molecule has 1 amide bonds. The lowest BCUT2D eigenvalue weighted by Gasteiger charge is -2.32. The number of carbonyl (C=O) groups is 1. The molecule has 0 unspecified atom stereocenters. The van der Waals surface area contributed by atoms with E-state index in [0.29, 0.717) is 5.92 Å². The van der Waals surface area contributed by atoms with Crippen LogP contribution >= 0.6 is 11.3 Å². The van der Waals surface area contributed by atoms with Crippen LogP contribution in [0.2, 0.25) is 0 Å². The Morgan fingerprint density at radius 1 is 1.32 bits per heavy atom. The highest BCUT2D eigenvalue weighted by molar-refractivity contribution is 7.09. The van der Waals surface area contributed by atoms with Gasteiger partial charge in [0.1, 0.15) is 0 Å². The molecule has 5 heteroatoms. The molecule has 3 heterocycles. The predicted octanol–water partition coefficient (Wildman–Crippen LogP) is 2.22. The Hall–Kier alpha value is -0.910. The van der Waals surface area contributed by atoms with Gasteiger partial charge in [-0.3, -0.25) is 9.69 Å². The first-order valence-corrected chi connectivity index (χ1v) is 9.45. The van der Waals surface area contributed by atoms with Crippen LogP contribution in [0.3, 0.4) is 0 Å². The molecule has 0 saturated carbocycles. The number of hydrogen-bond donors (Lipinski definition) is 2. The number of piperidine rings is 2. The van der Waals surface area contributed by atoms with E-state index in [2.05, 4.69) is 33.0 Å². The van der Waals surface area contributed by atoms with Gasteiger partial charge in [0, 0.05) is 18.0 Å². The van der Waals surface area contributed by atoms with Crippen molar-refractivity contribution in [3.8, 4) is 0 Å². The van der Waals surface area contributed by atoms with Crippen molar-refractivity contribution in [2.45, 2.75) is 44.7 Å². The highest BCUT2D eigenvalue weighted by Gasteiger charge is 2.23. The number of thiophene rings is 1. The van der Waals surface area contributed by atoms with Gasteiger partial charge in [-0.1, -0.05) is 12.5 Å². The maximum Gasteiger partial charge on any atom is 0.237 e. The maximum absolute atomic E-state index is 12.1. The van der Waals surface area contributed by atoms with Crippen LogP contribution in [0.4, 0.5) is 0 Å². The van der Waals surface area contributed by atoms with E-state index in [1.807, 2.05) is 11.3 Å². The number of carbonyl (C=O) groups excluding carboxylic acids is 1. The average Bonchev–Trinajstić information content (AvgIpc) is 3.08. The first-order chi connectivity index (χ1) is 10.8. The fourth-order valence-corrected chi connectivity index (χ4v) is 4.16. The molecule has 0 aliphatic carbocycles. The van der Waals surface area contributed by atoms with E-state index in [1.54, 1.807) is 0 Å². The van der Waals surface area contributed by atoms with Crippen LogP contribution in [-0.2, 0) is 11.3 Å². The van der Waals surface area contributed by atoms with Gasteiger partial charge in [0.15, 0.2) is 0 Å². The smallest absolute Gasteiger partial charge is 0.237 e. The van der Waals surface area contributed by atoms with Crippen molar-refractivity contribution in [3.63, 3.8) is 0 Å². The quantitative estimate of drug-likeness (QED) is 0.874. The number of rotatable bonds is 5. The molecule has 1 aromatic rings. The molecule has 2 saturated heterocycles. The number of nitrogens with one attached hydrogen (secondary N) is 2. The largest absolute Gasteiger partial charge is 0.354 e. The zero-order valence-corrected chi connectivity index (χ0v) is 14.0. The van der Waals surface area contributed by atoms with Crippen molar-refractivity contribution in [3.05, 3.63) is 22.4 Å². The van der Waals surface area contributed by atoms with E-state index in [-0.39, 0.29) is 11.9 Å². The van der Waals surface area contributed by atoms with Gasteiger partial charge in [-0.2, -0.15) is 0 Å². The molecule has 4 nitrogen and oxygen atoms in total. The van der Waals surface area contributed by atoms with Crippen molar-refractivity contribution in [2.24, 2.45) is 5.92 Å². The molecule has 1 aromatic heterocycles. The highest BCUT2D eigenvalue weighted by atomic mass is 32.1. The fraction of sp³-hybridized carbons (Fsp3) is 0.706. The van der Waals surface area contributed by atoms with Gasteiger partial charge in [0.05, 0.1) is 6.04 Å². The second kappa shape index (κ2) is 8.09. The van der Waals surface area contributed by atoms with Crippen LogP contribution in [-0.4, -0.2) is 43.0 Å². The summed E-state index contributed by atoms with van der Waals surface area (Å²) in [4.78, 5) is 16.1. The van der Waals surface area contributed by atoms with Gasteiger partial charge in [0.2, 0.25) is 5.91 Å². The van der Waals surface area contributed by atoms with Crippen LogP contribution in [0.25, 0.3) is 0 Å². The van der Waals surface area contributed by atoms with Gasteiger partial charge in [0.25, 0.3) is 0 Å². The Morgan fingerprint density at radius 3 is 2.86 bits per heavy atom. The van der Waals surface area contributed by atoms with Gasteiger partial charge in [-0.05, 0) is 62.7 Å². The van der Waals surface area contributed by atoms with E-state index in [1.165, 1.54) is 30.6 Å². The number of likely N-dealkylation sites (tertiary alicyclic amines) is 1. The SMILES string of the molecule is O=C(NCC1CCN(Cc2cccs2)CC1)[C@H]1CCCCN1. The molecule has 0 spiro atoms. The number of nitrogens with zero attached hydrogens (tertiary/aromatic N) is 1. The highest BCUT2D eigenvalue weighted by Crippen LogP contribution is 2.20. The molecule has 0 aromatic carbocycles. The molecule has 3 rings (SSSR count).